The monoisotopic (exact) mass is 438 g/mol. The Morgan fingerprint density at radius 3 is 2.67 bits per heavy atom. The molecule has 4 nitrogen and oxygen atoms in total. The smallest absolute Gasteiger partial charge is 0.0991 e. The predicted molar refractivity (Wildman–Crippen MR) is 136 cm³/mol. The highest BCUT2D eigenvalue weighted by molar-refractivity contribution is 5.69. The summed E-state index contributed by atoms with van der Waals surface area (Å²) in [5.74, 6) is 0. The van der Waals surface area contributed by atoms with Crippen molar-refractivity contribution in [2.24, 2.45) is 0 Å². The average molecular weight is 439 g/mol. The molecule has 0 saturated carbocycles. The lowest BCUT2D eigenvalue weighted by atomic mass is 9.72. The molecule has 0 bridgehead atoms. The van der Waals surface area contributed by atoms with Gasteiger partial charge in [-0.05, 0) is 99.5 Å². The molecule has 1 saturated heterocycles. The van der Waals surface area contributed by atoms with Crippen LogP contribution in [0, 0.1) is 11.3 Å². The number of rotatable bonds is 4. The van der Waals surface area contributed by atoms with Crippen LogP contribution >= 0.6 is 0 Å². The van der Waals surface area contributed by atoms with Gasteiger partial charge in [-0.3, -0.25) is 0 Å². The number of allylic oxidation sites excluding steroid dienone is 2. The molecule has 3 heterocycles. The lowest BCUT2D eigenvalue weighted by Gasteiger charge is -2.42. The summed E-state index contributed by atoms with van der Waals surface area (Å²) < 4.78 is 0. The number of hydrogen-bond donors (Lipinski definition) is 1. The second kappa shape index (κ2) is 8.39. The number of fused-ring (bicyclic) bond motifs is 3. The molecule has 0 radical (unpaired) electrons. The van der Waals surface area contributed by atoms with Crippen LogP contribution in [0.1, 0.15) is 54.9 Å². The van der Waals surface area contributed by atoms with E-state index in [1.807, 2.05) is 12.1 Å². The van der Waals surface area contributed by atoms with E-state index in [0.717, 1.165) is 62.1 Å². The molecule has 3 aliphatic rings. The molecule has 1 N–H and O–H groups in total. The summed E-state index contributed by atoms with van der Waals surface area (Å²) >= 11 is 0. The van der Waals surface area contributed by atoms with Gasteiger partial charge in [-0.2, -0.15) is 5.26 Å². The number of hydrogen-bond acceptors (Lipinski definition) is 4. The molecule has 3 aliphatic heterocycles. The standard InChI is InChI=1S/C29H34N4/c1-20-6-10-25-17-23(9-12-28(25)32(20)4)7-5-21(2)33-15-13-29(14-16-33)22(3)31-27-11-8-24(19-30)18-26(27)29/h8-9,11-12,17-18,21,31H,1,3,5-7,10,13-16H2,2,4H3. The first-order valence-corrected chi connectivity index (χ1v) is 12.2. The molecule has 1 unspecified atom stereocenters. The van der Waals surface area contributed by atoms with Crippen LogP contribution in [0.2, 0.25) is 0 Å². The van der Waals surface area contributed by atoms with Crippen molar-refractivity contribution in [3.63, 3.8) is 0 Å². The van der Waals surface area contributed by atoms with E-state index in [4.69, 9.17) is 0 Å². The number of nitrogens with zero attached hydrogens (tertiary/aromatic N) is 3. The zero-order chi connectivity index (χ0) is 23.2. The molecule has 4 heteroatoms. The second-order valence-corrected chi connectivity index (χ2v) is 10.1. The number of aryl methyl sites for hydroxylation is 2. The SMILES string of the molecule is C=C1CCc2cc(CCC(C)N3CCC4(CC3)C(=C)Nc3ccc(C#N)cc34)ccc2N1C. The van der Waals surface area contributed by atoms with E-state index in [1.165, 1.54) is 34.5 Å². The minimum absolute atomic E-state index is 0.0348. The number of nitrogens with one attached hydrogen (secondary N) is 1. The van der Waals surface area contributed by atoms with Gasteiger partial charge in [-0.15, -0.1) is 0 Å². The van der Waals surface area contributed by atoms with Crippen LogP contribution in [0.15, 0.2) is 61.0 Å². The lowest BCUT2D eigenvalue weighted by molar-refractivity contribution is 0.133. The van der Waals surface area contributed by atoms with Crippen LogP contribution in [0.25, 0.3) is 0 Å². The Morgan fingerprint density at radius 1 is 1.12 bits per heavy atom. The highest BCUT2D eigenvalue weighted by Crippen LogP contribution is 2.50. The van der Waals surface area contributed by atoms with Gasteiger partial charge in [0.1, 0.15) is 0 Å². The van der Waals surface area contributed by atoms with Crippen molar-refractivity contribution in [3.05, 3.63) is 83.2 Å². The van der Waals surface area contributed by atoms with E-state index < -0.39 is 0 Å². The van der Waals surface area contributed by atoms with Crippen LogP contribution in [-0.4, -0.2) is 31.1 Å². The molecule has 0 aromatic heterocycles. The summed E-state index contributed by atoms with van der Waals surface area (Å²) in [7, 11) is 2.12. The quantitative estimate of drug-likeness (QED) is 0.660. The molecule has 2 aromatic carbocycles. The van der Waals surface area contributed by atoms with E-state index in [2.05, 4.69) is 72.6 Å². The van der Waals surface area contributed by atoms with E-state index >= 15 is 0 Å². The summed E-state index contributed by atoms with van der Waals surface area (Å²) in [4.78, 5) is 4.87. The Hall–Kier alpha value is -3.03. The molecule has 1 fully saturated rings. The molecule has 1 spiro atoms. The topological polar surface area (TPSA) is 42.3 Å². The molecule has 5 rings (SSSR count). The first kappa shape index (κ1) is 21.8. The van der Waals surface area contributed by atoms with Crippen molar-refractivity contribution in [2.75, 3.05) is 30.4 Å². The van der Waals surface area contributed by atoms with Crippen molar-refractivity contribution in [2.45, 2.75) is 56.9 Å². The first-order valence-electron chi connectivity index (χ1n) is 12.2. The minimum atomic E-state index is -0.0348. The van der Waals surface area contributed by atoms with Gasteiger partial charge in [0.15, 0.2) is 0 Å². The zero-order valence-electron chi connectivity index (χ0n) is 20.0. The van der Waals surface area contributed by atoms with Gasteiger partial charge in [-0.1, -0.05) is 25.3 Å². The highest BCUT2D eigenvalue weighted by Gasteiger charge is 2.45. The number of piperidine rings is 1. The Kier molecular flexibility index (Phi) is 5.54. The fraction of sp³-hybridized carbons (Fsp3) is 0.414. The van der Waals surface area contributed by atoms with E-state index in [9.17, 15) is 5.26 Å². The molecule has 0 amide bonds. The Labute approximate surface area is 198 Å². The van der Waals surface area contributed by atoms with Crippen LogP contribution in [0.5, 0.6) is 0 Å². The highest BCUT2D eigenvalue weighted by atomic mass is 15.2. The van der Waals surface area contributed by atoms with Crippen LogP contribution < -0.4 is 10.2 Å². The van der Waals surface area contributed by atoms with Crippen molar-refractivity contribution in [3.8, 4) is 6.07 Å². The summed E-state index contributed by atoms with van der Waals surface area (Å²) in [6.45, 7) is 13.0. The molecule has 33 heavy (non-hydrogen) atoms. The van der Waals surface area contributed by atoms with E-state index in [-0.39, 0.29) is 5.41 Å². The Balaban J connectivity index is 1.22. The maximum Gasteiger partial charge on any atom is 0.0991 e. The third kappa shape index (κ3) is 3.75. The predicted octanol–water partition coefficient (Wildman–Crippen LogP) is 5.75. The third-order valence-corrected chi connectivity index (χ3v) is 8.32. The van der Waals surface area contributed by atoms with Gasteiger partial charge in [0.05, 0.1) is 11.6 Å². The maximum atomic E-state index is 9.37. The summed E-state index contributed by atoms with van der Waals surface area (Å²) in [6, 6.07) is 15.8. The van der Waals surface area contributed by atoms with Gasteiger partial charge >= 0.3 is 0 Å². The van der Waals surface area contributed by atoms with Crippen LogP contribution in [-0.2, 0) is 18.3 Å². The normalized spacial score (nSPS) is 20.2. The molecular formula is C29H34N4. The van der Waals surface area contributed by atoms with Crippen molar-refractivity contribution >= 4 is 11.4 Å². The molecular weight excluding hydrogens is 404 g/mol. The summed E-state index contributed by atoms with van der Waals surface area (Å²) in [5, 5.41) is 12.9. The lowest BCUT2D eigenvalue weighted by Crippen LogP contribution is -2.46. The average Bonchev–Trinajstić information content (AvgIpc) is 3.10. The van der Waals surface area contributed by atoms with Crippen molar-refractivity contribution in [1.29, 1.82) is 5.26 Å². The van der Waals surface area contributed by atoms with Gasteiger partial charge in [0, 0.05) is 41.3 Å². The van der Waals surface area contributed by atoms with E-state index in [1.54, 1.807) is 0 Å². The van der Waals surface area contributed by atoms with Crippen molar-refractivity contribution in [1.82, 2.24) is 4.90 Å². The summed E-state index contributed by atoms with van der Waals surface area (Å²) in [6.07, 6.45) is 6.55. The minimum Gasteiger partial charge on any atom is -0.358 e. The molecule has 0 aliphatic carbocycles. The summed E-state index contributed by atoms with van der Waals surface area (Å²) in [5.41, 5.74) is 9.62. The van der Waals surface area contributed by atoms with Gasteiger partial charge in [-0.25, -0.2) is 0 Å². The number of nitriles is 1. The van der Waals surface area contributed by atoms with Crippen LogP contribution in [0.4, 0.5) is 11.4 Å². The molecule has 170 valence electrons. The Morgan fingerprint density at radius 2 is 1.91 bits per heavy atom. The number of anilines is 2. The number of benzene rings is 2. The third-order valence-electron chi connectivity index (χ3n) is 8.32. The fourth-order valence-corrected chi connectivity index (χ4v) is 5.98. The van der Waals surface area contributed by atoms with E-state index in [0.29, 0.717) is 6.04 Å². The van der Waals surface area contributed by atoms with Gasteiger partial charge < -0.3 is 15.1 Å². The molecule has 2 aromatic rings. The largest absolute Gasteiger partial charge is 0.358 e. The first-order chi connectivity index (χ1) is 15.9. The number of likely N-dealkylation sites (tertiary alicyclic amines) is 1. The van der Waals surface area contributed by atoms with Crippen molar-refractivity contribution < 1.29 is 0 Å². The van der Waals surface area contributed by atoms with Gasteiger partial charge in [0.2, 0.25) is 0 Å². The second-order valence-electron chi connectivity index (χ2n) is 10.1. The fourth-order valence-electron chi connectivity index (χ4n) is 5.98. The zero-order valence-corrected chi connectivity index (χ0v) is 20.0. The maximum absolute atomic E-state index is 9.37. The van der Waals surface area contributed by atoms with Crippen LogP contribution in [0.3, 0.4) is 0 Å². The Bertz CT molecular complexity index is 1150. The molecule has 1 atom stereocenters. The van der Waals surface area contributed by atoms with Gasteiger partial charge in [0.25, 0.3) is 0 Å².